The number of hydrogen-bond donors (Lipinski definition) is 3. The Hall–Kier alpha value is -1.51. The molecule has 0 bridgehead atoms. The van der Waals surface area contributed by atoms with Gasteiger partial charge in [0.25, 0.3) is 0 Å². The van der Waals surface area contributed by atoms with Crippen LogP contribution in [-0.2, 0) is 51.7 Å². The second-order valence-electron chi connectivity index (χ2n) is 17.6. The second-order valence-corrected chi connectivity index (χ2v) is 19.0. The first kappa shape index (κ1) is 63.8. The van der Waals surface area contributed by atoms with Crippen LogP contribution in [0.4, 0.5) is 0 Å². The lowest BCUT2D eigenvalue weighted by Crippen LogP contribution is -2.39. The maximum atomic E-state index is 13.0. The predicted molar refractivity (Wildman–Crippen MR) is 246 cm³/mol. The molecule has 0 aromatic rings. The summed E-state index contributed by atoms with van der Waals surface area (Å²) in [6.45, 7) is 8.80. The number of phosphoric acid groups is 1. The zero-order valence-corrected chi connectivity index (χ0v) is 41.3. The standard InChI is InChI=1S/C44H85N2O12P.2ClH/c1-7-9-11-13-15-17-19-21-23-25-27-29-39(47)53-33-37(57-40(48)30-28-26-24-22-20-18-16-14-12-10-8-2)35-55-59(51,52)56-36-38(58-42(50)32-44(5,6)46)34-54-41(49)31-43(3,4)45;;/h37-38H,7-36,45-46H2,1-6H3,(H,51,52);2*1H/t37-,38?;;/m1../s1. The van der Waals surface area contributed by atoms with Crippen molar-refractivity contribution in [1.29, 1.82) is 0 Å². The van der Waals surface area contributed by atoms with Gasteiger partial charge in [-0.25, -0.2) is 4.57 Å². The van der Waals surface area contributed by atoms with Crippen LogP contribution >= 0.6 is 32.6 Å². The van der Waals surface area contributed by atoms with Crippen LogP contribution in [-0.4, -0.2) is 78.5 Å². The Morgan fingerprint density at radius 3 is 1.13 bits per heavy atom. The highest BCUT2D eigenvalue weighted by Gasteiger charge is 2.30. The van der Waals surface area contributed by atoms with Gasteiger partial charge in [0.15, 0.2) is 12.2 Å². The van der Waals surface area contributed by atoms with Crippen LogP contribution < -0.4 is 11.5 Å². The van der Waals surface area contributed by atoms with E-state index in [1.807, 2.05) is 0 Å². The van der Waals surface area contributed by atoms with Crippen molar-refractivity contribution in [2.24, 2.45) is 11.5 Å². The summed E-state index contributed by atoms with van der Waals surface area (Å²) in [5.41, 5.74) is 10.1. The van der Waals surface area contributed by atoms with Crippen molar-refractivity contribution in [2.75, 3.05) is 26.4 Å². The van der Waals surface area contributed by atoms with Gasteiger partial charge in [-0.2, -0.15) is 0 Å². The van der Waals surface area contributed by atoms with Crippen molar-refractivity contribution < 1.29 is 56.6 Å². The van der Waals surface area contributed by atoms with Crippen LogP contribution in [0, 0.1) is 0 Å². The number of halogens is 2. The molecule has 17 heteroatoms. The summed E-state index contributed by atoms with van der Waals surface area (Å²) in [7, 11) is -4.85. The van der Waals surface area contributed by atoms with E-state index >= 15 is 0 Å². The minimum absolute atomic E-state index is 0. The number of hydrogen-bond acceptors (Lipinski definition) is 13. The zero-order valence-electron chi connectivity index (χ0n) is 38.7. The highest BCUT2D eigenvalue weighted by atomic mass is 35.5. The minimum atomic E-state index is -4.85. The van der Waals surface area contributed by atoms with Gasteiger partial charge in [0.05, 0.1) is 26.1 Å². The number of esters is 4. The third kappa shape index (κ3) is 44.9. The fourth-order valence-electron chi connectivity index (χ4n) is 6.20. The number of carbonyl (C=O) groups is 4. The molecule has 14 nitrogen and oxygen atoms in total. The van der Waals surface area contributed by atoms with E-state index in [0.717, 1.165) is 38.5 Å². The second kappa shape index (κ2) is 38.9. The molecule has 2 unspecified atom stereocenters. The van der Waals surface area contributed by atoms with E-state index in [1.54, 1.807) is 27.7 Å². The van der Waals surface area contributed by atoms with Crippen molar-refractivity contribution in [2.45, 2.75) is 232 Å². The molecule has 0 fully saturated rings. The third-order valence-corrected chi connectivity index (χ3v) is 10.4. The summed E-state index contributed by atoms with van der Waals surface area (Å²) in [5.74, 6) is -2.41. The Balaban J connectivity index is -0.0000168. The Morgan fingerprint density at radius 2 is 0.770 bits per heavy atom. The number of nitrogens with two attached hydrogens (primary N) is 2. The molecule has 0 aliphatic carbocycles. The molecule has 0 heterocycles. The van der Waals surface area contributed by atoms with Crippen molar-refractivity contribution in [1.82, 2.24) is 0 Å². The molecule has 61 heavy (non-hydrogen) atoms. The monoisotopic (exact) mass is 937 g/mol. The molecule has 0 aliphatic heterocycles. The van der Waals surface area contributed by atoms with Gasteiger partial charge in [-0.15, -0.1) is 24.8 Å². The Morgan fingerprint density at radius 1 is 0.475 bits per heavy atom. The molecule has 0 rings (SSSR count). The van der Waals surface area contributed by atoms with Crippen LogP contribution in [0.3, 0.4) is 0 Å². The van der Waals surface area contributed by atoms with E-state index in [9.17, 15) is 28.6 Å². The van der Waals surface area contributed by atoms with Crippen molar-refractivity contribution in [3.8, 4) is 0 Å². The molecule has 0 saturated heterocycles. The first-order valence-electron chi connectivity index (χ1n) is 22.8. The van der Waals surface area contributed by atoms with E-state index in [0.29, 0.717) is 12.8 Å². The summed E-state index contributed by atoms with van der Waals surface area (Å²) in [6.07, 6.45) is 22.6. The molecule has 0 spiro atoms. The molecule has 0 aromatic carbocycles. The van der Waals surface area contributed by atoms with Gasteiger partial charge in [0.2, 0.25) is 0 Å². The molecular weight excluding hydrogens is 850 g/mol. The van der Waals surface area contributed by atoms with Gasteiger partial charge in [-0.3, -0.25) is 28.2 Å². The molecular formula is C44H87Cl2N2O12P. The fraction of sp³-hybridized carbons (Fsp3) is 0.909. The SMILES string of the molecule is CCCCCCCCCCCCCC(=O)OC[C@H](COP(=O)(O)OCC(COC(=O)CC(C)(C)N)OC(=O)CC(C)(C)N)OC(=O)CCCCCCCCCCCCC.Cl.Cl. The zero-order chi connectivity index (χ0) is 44.4. The van der Waals surface area contributed by atoms with Crippen LogP contribution in [0.25, 0.3) is 0 Å². The average Bonchev–Trinajstić information content (AvgIpc) is 3.13. The quantitative estimate of drug-likeness (QED) is 0.0226. The van der Waals surface area contributed by atoms with Crippen LogP contribution in [0.2, 0.25) is 0 Å². The molecule has 5 N–H and O–H groups in total. The summed E-state index contributed by atoms with van der Waals surface area (Å²) in [4.78, 5) is 60.7. The van der Waals surface area contributed by atoms with Gasteiger partial charge in [-0.1, -0.05) is 142 Å². The van der Waals surface area contributed by atoms with E-state index in [4.69, 9.17) is 39.5 Å². The van der Waals surface area contributed by atoms with Crippen LogP contribution in [0.1, 0.15) is 208 Å². The Kier molecular flexibility index (Phi) is 40.7. The third-order valence-electron chi connectivity index (χ3n) is 9.47. The van der Waals surface area contributed by atoms with Gasteiger partial charge in [0.1, 0.15) is 13.2 Å². The maximum Gasteiger partial charge on any atom is 0.472 e. The number of rotatable bonds is 40. The topological polar surface area (TPSA) is 213 Å². The van der Waals surface area contributed by atoms with E-state index in [2.05, 4.69) is 13.8 Å². The first-order valence-corrected chi connectivity index (χ1v) is 24.2. The highest BCUT2D eigenvalue weighted by molar-refractivity contribution is 7.47. The van der Waals surface area contributed by atoms with Crippen molar-refractivity contribution in [3.63, 3.8) is 0 Å². The average molecular weight is 938 g/mol. The summed E-state index contributed by atoms with van der Waals surface area (Å²) < 4.78 is 44.8. The molecule has 364 valence electrons. The molecule has 0 aromatic heterocycles. The van der Waals surface area contributed by atoms with Gasteiger partial charge >= 0.3 is 31.7 Å². The van der Waals surface area contributed by atoms with E-state index < -0.39 is 74.8 Å². The molecule has 0 saturated carbocycles. The maximum absolute atomic E-state index is 13.0. The normalized spacial score (nSPS) is 13.5. The highest BCUT2D eigenvalue weighted by Crippen LogP contribution is 2.43. The first-order chi connectivity index (χ1) is 27.9. The van der Waals surface area contributed by atoms with Crippen molar-refractivity contribution in [3.05, 3.63) is 0 Å². The largest absolute Gasteiger partial charge is 0.472 e. The predicted octanol–water partition coefficient (Wildman–Crippen LogP) is 10.5. The molecule has 0 aliphatic rings. The van der Waals surface area contributed by atoms with Gasteiger partial charge in [0, 0.05) is 23.9 Å². The Labute approximate surface area is 381 Å². The molecule has 3 atom stereocenters. The van der Waals surface area contributed by atoms with E-state index in [-0.39, 0.29) is 57.1 Å². The summed E-state index contributed by atoms with van der Waals surface area (Å²) >= 11 is 0. The molecule has 0 radical (unpaired) electrons. The lowest BCUT2D eigenvalue weighted by atomic mass is 10.0. The van der Waals surface area contributed by atoms with E-state index in [1.165, 1.54) is 89.9 Å². The number of phosphoric ester groups is 1. The van der Waals surface area contributed by atoms with Crippen molar-refractivity contribution >= 4 is 56.5 Å². The number of carbonyl (C=O) groups excluding carboxylic acids is 4. The Bertz CT molecular complexity index is 1170. The minimum Gasteiger partial charge on any atom is -0.462 e. The van der Waals surface area contributed by atoms with Crippen LogP contribution in [0.5, 0.6) is 0 Å². The molecule has 0 amide bonds. The smallest absolute Gasteiger partial charge is 0.462 e. The van der Waals surface area contributed by atoms with Gasteiger partial charge < -0.3 is 35.3 Å². The fourth-order valence-corrected chi connectivity index (χ4v) is 6.99. The van der Waals surface area contributed by atoms with Crippen LogP contribution in [0.15, 0.2) is 0 Å². The lowest BCUT2D eigenvalue weighted by molar-refractivity contribution is -0.163. The summed E-state index contributed by atoms with van der Waals surface area (Å²) in [5, 5.41) is 0. The van der Waals surface area contributed by atoms with Gasteiger partial charge in [-0.05, 0) is 40.5 Å². The number of ether oxygens (including phenoxy) is 4. The lowest BCUT2D eigenvalue weighted by Gasteiger charge is -2.24. The summed E-state index contributed by atoms with van der Waals surface area (Å²) in [6, 6.07) is 0. The number of unbranched alkanes of at least 4 members (excludes halogenated alkanes) is 20.